The minimum Gasteiger partial charge on any atom is -0.481 e. The van der Waals surface area contributed by atoms with Gasteiger partial charge in [-0.1, -0.05) is 13.3 Å². The highest BCUT2D eigenvalue weighted by molar-refractivity contribution is 5.70. The topological polar surface area (TPSA) is 63.3 Å². The Bertz CT molecular complexity index is 187. The van der Waals surface area contributed by atoms with Gasteiger partial charge in [-0.15, -0.1) is 0 Å². The molecule has 0 bridgehead atoms. The molecule has 0 saturated heterocycles. The highest BCUT2D eigenvalue weighted by Crippen LogP contribution is 2.52. The lowest BCUT2D eigenvalue weighted by molar-refractivity contribution is -0.141. The van der Waals surface area contributed by atoms with Crippen LogP contribution in [-0.2, 0) is 4.79 Å². The van der Waals surface area contributed by atoms with Gasteiger partial charge in [-0.3, -0.25) is 4.79 Å². The Hall–Kier alpha value is -0.570. The fourth-order valence-electron chi connectivity index (χ4n) is 1.78. The molecule has 0 aromatic heterocycles. The van der Waals surface area contributed by atoms with Gasteiger partial charge in [0.2, 0.25) is 0 Å². The Balaban J connectivity index is 2.27. The lowest BCUT2D eigenvalue weighted by atomic mass is 9.92. The van der Waals surface area contributed by atoms with Crippen LogP contribution in [0, 0.1) is 11.3 Å². The predicted octanol–water partition coefficient (Wildman–Crippen LogP) is 1.62. The van der Waals surface area contributed by atoms with Crippen molar-refractivity contribution in [1.29, 1.82) is 0 Å². The van der Waals surface area contributed by atoms with Crippen molar-refractivity contribution in [2.75, 3.05) is 6.54 Å². The number of hydrogen-bond donors (Lipinski definition) is 2. The molecule has 1 fully saturated rings. The van der Waals surface area contributed by atoms with E-state index in [0.29, 0.717) is 5.41 Å². The van der Waals surface area contributed by atoms with Crippen molar-refractivity contribution in [3.05, 3.63) is 0 Å². The van der Waals surface area contributed by atoms with Gasteiger partial charge in [-0.2, -0.15) is 0 Å². The van der Waals surface area contributed by atoms with E-state index in [-0.39, 0.29) is 12.5 Å². The Morgan fingerprint density at radius 2 is 2.23 bits per heavy atom. The van der Waals surface area contributed by atoms with Crippen LogP contribution in [0.4, 0.5) is 0 Å². The fourth-order valence-corrected chi connectivity index (χ4v) is 1.78. The second-order valence-electron chi connectivity index (χ2n) is 4.16. The van der Waals surface area contributed by atoms with Crippen molar-refractivity contribution in [3.8, 4) is 0 Å². The highest BCUT2D eigenvalue weighted by atomic mass is 16.4. The molecule has 0 aromatic carbocycles. The minimum absolute atomic E-state index is 0.273. The van der Waals surface area contributed by atoms with E-state index in [4.69, 9.17) is 10.8 Å². The van der Waals surface area contributed by atoms with Gasteiger partial charge in [0.05, 0.1) is 5.92 Å². The standard InChI is InChI=1S/C10H19NO2/c1-2-10(5-6-10)4-3-8(7-11)9(12)13/h8H,2-7,11H2,1H3,(H,12,13). The molecule has 1 aliphatic rings. The molecule has 3 heteroatoms. The summed E-state index contributed by atoms with van der Waals surface area (Å²) in [4.78, 5) is 10.7. The van der Waals surface area contributed by atoms with Crippen molar-refractivity contribution >= 4 is 5.97 Å². The van der Waals surface area contributed by atoms with Crippen LogP contribution in [0.1, 0.15) is 39.0 Å². The molecule has 1 aliphatic carbocycles. The Morgan fingerprint density at radius 3 is 2.54 bits per heavy atom. The maximum Gasteiger partial charge on any atom is 0.307 e. The summed E-state index contributed by atoms with van der Waals surface area (Å²) in [6.45, 7) is 2.46. The summed E-state index contributed by atoms with van der Waals surface area (Å²) >= 11 is 0. The molecular formula is C10H19NO2. The fraction of sp³-hybridized carbons (Fsp3) is 0.900. The average Bonchev–Trinajstić information content (AvgIpc) is 2.86. The Kier molecular flexibility index (Phi) is 3.31. The molecular weight excluding hydrogens is 166 g/mol. The summed E-state index contributed by atoms with van der Waals surface area (Å²) in [5.41, 5.74) is 5.87. The van der Waals surface area contributed by atoms with Crippen LogP contribution in [0.3, 0.4) is 0 Å². The molecule has 0 aromatic rings. The third-order valence-electron chi connectivity index (χ3n) is 3.36. The van der Waals surface area contributed by atoms with E-state index < -0.39 is 5.97 Å². The first-order valence-corrected chi connectivity index (χ1v) is 5.06. The summed E-state index contributed by atoms with van der Waals surface area (Å²) < 4.78 is 0. The van der Waals surface area contributed by atoms with Crippen molar-refractivity contribution in [2.45, 2.75) is 39.0 Å². The molecule has 0 amide bonds. The lowest BCUT2D eigenvalue weighted by Crippen LogP contribution is -2.24. The first kappa shape index (κ1) is 10.5. The number of hydrogen-bond acceptors (Lipinski definition) is 2. The molecule has 1 unspecified atom stereocenters. The zero-order chi connectivity index (χ0) is 9.90. The summed E-state index contributed by atoms with van der Waals surface area (Å²) in [6, 6.07) is 0. The molecule has 1 atom stereocenters. The molecule has 76 valence electrons. The van der Waals surface area contributed by atoms with Gasteiger partial charge in [0.25, 0.3) is 0 Å². The lowest BCUT2D eigenvalue weighted by Gasteiger charge is -2.15. The second kappa shape index (κ2) is 4.09. The maximum absolute atomic E-state index is 10.7. The second-order valence-corrected chi connectivity index (χ2v) is 4.16. The monoisotopic (exact) mass is 185 g/mol. The largest absolute Gasteiger partial charge is 0.481 e. The first-order chi connectivity index (χ1) is 6.13. The smallest absolute Gasteiger partial charge is 0.307 e. The number of carboxylic acid groups (broad SMARTS) is 1. The van der Waals surface area contributed by atoms with E-state index in [0.717, 1.165) is 12.8 Å². The van der Waals surface area contributed by atoms with Crippen molar-refractivity contribution in [3.63, 3.8) is 0 Å². The van der Waals surface area contributed by atoms with Crippen LogP contribution in [0.25, 0.3) is 0 Å². The van der Waals surface area contributed by atoms with E-state index in [1.807, 2.05) is 0 Å². The van der Waals surface area contributed by atoms with Gasteiger partial charge in [0.1, 0.15) is 0 Å². The number of carboxylic acids is 1. The summed E-state index contributed by atoms with van der Waals surface area (Å²) in [5.74, 6) is -1.07. The van der Waals surface area contributed by atoms with E-state index in [2.05, 4.69) is 6.92 Å². The van der Waals surface area contributed by atoms with Gasteiger partial charge in [0, 0.05) is 6.54 Å². The molecule has 3 N–H and O–H groups in total. The molecule has 1 saturated carbocycles. The average molecular weight is 185 g/mol. The molecule has 0 radical (unpaired) electrons. The van der Waals surface area contributed by atoms with Crippen LogP contribution < -0.4 is 5.73 Å². The van der Waals surface area contributed by atoms with E-state index in [1.54, 1.807) is 0 Å². The van der Waals surface area contributed by atoms with Crippen LogP contribution in [0.2, 0.25) is 0 Å². The summed E-state index contributed by atoms with van der Waals surface area (Å²) in [5, 5.41) is 8.78. The van der Waals surface area contributed by atoms with Crippen LogP contribution in [-0.4, -0.2) is 17.6 Å². The molecule has 0 aliphatic heterocycles. The number of rotatable bonds is 6. The summed E-state index contributed by atoms with van der Waals surface area (Å²) in [6.07, 6.45) is 5.53. The van der Waals surface area contributed by atoms with E-state index in [1.165, 1.54) is 19.3 Å². The third-order valence-corrected chi connectivity index (χ3v) is 3.36. The highest BCUT2D eigenvalue weighted by Gasteiger charge is 2.40. The van der Waals surface area contributed by atoms with Gasteiger partial charge in [-0.25, -0.2) is 0 Å². The quantitative estimate of drug-likeness (QED) is 0.661. The van der Waals surface area contributed by atoms with Gasteiger partial charge >= 0.3 is 5.97 Å². The van der Waals surface area contributed by atoms with Gasteiger partial charge in [-0.05, 0) is 31.1 Å². The zero-order valence-corrected chi connectivity index (χ0v) is 8.25. The van der Waals surface area contributed by atoms with E-state index in [9.17, 15) is 4.79 Å². The maximum atomic E-state index is 10.7. The van der Waals surface area contributed by atoms with Crippen LogP contribution >= 0.6 is 0 Å². The van der Waals surface area contributed by atoms with Crippen molar-refractivity contribution < 1.29 is 9.90 Å². The van der Waals surface area contributed by atoms with Crippen LogP contribution in [0.15, 0.2) is 0 Å². The zero-order valence-electron chi connectivity index (χ0n) is 8.25. The number of aliphatic carboxylic acids is 1. The van der Waals surface area contributed by atoms with Crippen molar-refractivity contribution in [1.82, 2.24) is 0 Å². The SMILES string of the molecule is CCC1(CCC(CN)C(=O)O)CC1. The Morgan fingerprint density at radius 1 is 1.62 bits per heavy atom. The molecule has 13 heavy (non-hydrogen) atoms. The predicted molar refractivity (Wildman–Crippen MR) is 51.4 cm³/mol. The molecule has 0 heterocycles. The van der Waals surface area contributed by atoms with Gasteiger partial charge in [0.15, 0.2) is 0 Å². The van der Waals surface area contributed by atoms with Gasteiger partial charge < -0.3 is 10.8 Å². The molecule has 0 spiro atoms. The Labute approximate surface area is 79.3 Å². The summed E-state index contributed by atoms with van der Waals surface area (Å²) in [7, 11) is 0. The molecule has 3 nitrogen and oxygen atoms in total. The van der Waals surface area contributed by atoms with E-state index >= 15 is 0 Å². The molecule has 1 rings (SSSR count). The normalized spacial score (nSPS) is 21.1. The minimum atomic E-state index is -0.741. The number of carbonyl (C=O) groups is 1. The van der Waals surface area contributed by atoms with Crippen molar-refractivity contribution in [2.24, 2.45) is 17.1 Å². The first-order valence-electron chi connectivity index (χ1n) is 5.06. The van der Waals surface area contributed by atoms with Crippen LogP contribution in [0.5, 0.6) is 0 Å². The number of nitrogens with two attached hydrogens (primary N) is 1. The third kappa shape index (κ3) is 2.69.